The van der Waals surface area contributed by atoms with Crippen molar-refractivity contribution in [1.82, 2.24) is 0 Å². The van der Waals surface area contributed by atoms with Crippen molar-refractivity contribution in [2.24, 2.45) is 10.3 Å². The van der Waals surface area contributed by atoms with E-state index in [1.807, 2.05) is 0 Å². The van der Waals surface area contributed by atoms with Crippen LogP contribution in [0.25, 0.3) is 0 Å². The van der Waals surface area contributed by atoms with E-state index in [1.54, 1.807) is 37.3 Å². The van der Waals surface area contributed by atoms with Crippen molar-refractivity contribution in [3.63, 3.8) is 0 Å². The Balaban J connectivity index is 2.09. The number of nitrogens with zero attached hydrogens (tertiary/aromatic N) is 2. The topological polar surface area (TPSA) is 63.4 Å². The lowest BCUT2D eigenvalue weighted by Crippen LogP contribution is -2.12. The maximum atomic E-state index is 12.7. The Morgan fingerprint density at radius 1 is 1.12 bits per heavy atom. The van der Waals surface area contributed by atoms with Crippen LogP contribution in [0, 0.1) is 0 Å². The van der Waals surface area contributed by atoms with Gasteiger partial charge < -0.3 is 14.8 Å². The molecule has 0 saturated carbocycles. The summed E-state index contributed by atoms with van der Waals surface area (Å²) in [6.45, 7) is 1.56. The molecule has 0 bridgehead atoms. The van der Waals surface area contributed by atoms with Crippen molar-refractivity contribution in [3.05, 3.63) is 65.2 Å². The third kappa shape index (κ3) is 4.98. The van der Waals surface area contributed by atoms with Crippen molar-refractivity contribution in [1.29, 1.82) is 0 Å². The van der Waals surface area contributed by atoms with Gasteiger partial charge in [0.2, 0.25) is 0 Å². The SMILES string of the molecule is CO/N=C(\C(C)=N\O)c1ccc(OCc2cccc(C(F)(F)F)c2)cc1. The second kappa shape index (κ2) is 8.37. The molecule has 0 aromatic heterocycles. The molecule has 1 N–H and O–H groups in total. The second-order valence-corrected chi connectivity index (χ2v) is 5.32. The van der Waals surface area contributed by atoms with Crippen molar-refractivity contribution in [3.8, 4) is 5.75 Å². The summed E-state index contributed by atoms with van der Waals surface area (Å²) in [5.74, 6) is 0.474. The number of alkyl halides is 3. The Morgan fingerprint density at radius 2 is 1.81 bits per heavy atom. The highest BCUT2D eigenvalue weighted by Gasteiger charge is 2.30. The molecular weight excluding hydrogens is 349 g/mol. The number of benzene rings is 2. The number of oxime groups is 2. The van der Waals surface area contributed by atoms with Crippen LogP contribution in [-0.2, 0) is 17.6 Å². The van der Waals surface area contributed by atoms with E-state index < -0.39 is 11.7 Å². The zero-order chi connectivity index (χ0) is 19.2. The zero-order valence-corrected chi connectivity index (χ0v) is 14.1. The van der Waals surface area contributed by atoms with Gasteiger partial charge in [-0.25, -0.2) is 0 Å². The highest BCUT2D eigenvalue weighted by Crippen LogP contribution is 2.29. The maximum Gasteiger partial charge on any atom is 0.416 e. The standard InChI is InChI=1S/C18H17F3N2O3/c1-12(22-24)17(23-25-2)14-6-8-16(9-7-14)26-11-13-4-3-5-15(10-13)18(19,20)21/h3-10,24H,11H2,1-2H3/b22-12+,23-17+. The molecule has 0 radical (unpaired) electrons. The Kier molecular flexibility index (Phi) is 6.21. The summed E-state index contributed by atoms with van der Waals surface area (Å²) in [4.78, 5) is 4.73. The quantitative estimate of drug-likeness (QED) is 0.466. The molecule has 0 spiro atoms. The molecule has 2 aromatic rings. The molecule has 0 amide bonds. The maximum absolute atomic E-state index is 12.7. The van der Waals surface area contributed by atoms with Gasteiger partial charge in [0.15, 0.2) is 0 Å². The van der Waals surface area contributed by atoms with E-state index in [4.69, 9.17) is 14.8 Å². The third-order valence-corrected chi connectivity index (χ3v) is 3.46. The second-order valence-electron chi connectivity index (χ2n) is 5.32. The van der Waals surface area contributed by atoms with Crippen LogP contribution in [0.4, 0.5) is 13.2 Å². The van der Waals surface area contributed by atoms with Crippen LogP contribution in [-0.4, -0.2) is 23.7 Å². The van der Waals surface area contributed by atoms with Gasteiger partial charge in [-0.15, -0.1) is 0 Å². The lowest BCUT2D eigenvalue weighted by Gasteiger charge is -2.10. The molecule has 0 saturated heterocycles. The Bertz CT molecular complexity index is 800. The molecule has 2 aromatic carbocycles. The lowest BCUT2D eigenvalue weighted by atomic mass is 10.1. The molecule has 0 fully saturated rings. The van der Waals surface area contributed by atoms with Gasteiger partial charge >= 0.3 is 6.18 Å². The summed E-state index contributed by atoms with van der Waals surface area (Å²) < 4.78 is 43.7. The Hall–Kier alpha value is -3.03. The van der Waals surface area contributed by atoms with E-state index in [-0.39, 0.29) is 12.3 Å². The number of hydrogen-bond acceptors (Lipinski definition) is 5. The summed E-state index contributed by atoms with van der Waals surface area (Å²) >= 11 is 0. The molecule has 0 atom stereocenters. The summed E-state index contributed by atoms with van der Waals surface area (Å²) in [5.41, 5.74) is 0.944. The van der Waals surface area contributed by atoms with E-state index in [0.29, 0.717) is 22.6 Å². The predicted molar refractivity (Wildman–Crippen MR) is 90.7 cm³/mol. The number of hydrogen-bond donors (Lipinski definition) is 1. The molecular formula is C18H17F3N2O3. The van der Waals surface area contributed by atoms with Crippen molar-refractivity contribution in [2.45, 2.75) is 19.7 Å². The molecule has 138 valence electrons. The first-order valence-corrected chi connectivity index (χ1v) is 7.54. The Labute approximate surface area is 148 Å². The first-order chi connectivity index (χ1) is 12.3. The van der Waals surface area contributed by atoms with E-state index in [2.05, 4.69) is 10.3 Å². The average molecular weight is 366 g/mol. The number of ether oxygens (including phenoxy) is 1. The number of rotatable bonds is 6. The van der Waals surface area contributed by atoms with Crippen LogP contribution in [0.1, 0.15) is 23.6 Å². The highest BCUT2D eigenvalue weighted by molar-refractivity contribution is 6.47. The molecule has 8 heteroatoms. The summed E-state index contributed by atoms with van der Waals surface area (Å²) in [6, 6.07) is 11.6. The number of halogens is 3. The van der Waals surface area contributed by atoms with Crippen LogP contribution in [0.2, 0.25) is 0 Å². The first-order valence-electron chi connectivity index (χ1n) is 7.54. The van der Waals surface area contributed by atoms with Crippen LogP contribution in [0.15, 0.2) is 58.8 Å². The third-order valence-electron chi connectivity index (χ3n) is 3.46. The fourth-order valence-corrected chi connectivity index (χ4v) is 2.18. The minimum absolute atomic E-state index is 0.000585. The van der Waals surface area contributed by atoms with Crippen LogP contribution in [0.5, 0.6) is 5.75 Å². The minimum Gasteiger partial charge on any atom is -0.489 e. The Morgan fingerprint density at radius 3 is 2.38 bits per heavy atom. The van der Waals surface area contributed by atoms with Gasteiger partial charge in [0.05, 0.1) is 5.56 Å². The molecule has 0 heterocycles. The largest absolute Gasteiger partial charge is 0.489 e. The normalized spacial score (nSPS) is 12.8. The molecule has 5 nitrogen and oxygen atoms in total. The molecule has 26 heavy (non-hydrogen) atoms. The average Bonchev–Trinajstić information content (AvgIpc) is 2.64. The van der Waals surface area contributed by atoms with Crippen LogP contribution < -0.4 is 4.74 Å². The van der Waals surface area contributed by atoms with Crippen LogP contribution >= 0.6 is 0 Å². The first kappa shape index (κ1) is 19.3. The smallest absolute Gasteiger partial charge is 0.416 e. The van der Waals surface area contributed by atoms with Gasteiger partial charge in [-0.05, 0) is 48.9 Å². The summed E-state index contributed by atoms with van der Waals surface area (Å²) in [6.07, 6.45) is -4.39. The van der Waals surface area contributed by atoms with Crippen molar-refractivity contribution >= 4 is 11.4 Å². The molecule has 0 aliphatic heterocycles. The van der Waals surface area contributed by atoms with Crippen molar-refractivity contribution in [2.75, 3.05) is 7.11 Å². The minimum atomic E-state index is -4.39. The van der Waals surface area contributed by atoms with E-state index in [0.717, 1.165) is 12.1 Å². The summed E-state index contributed by atoms with van der Waals surface area (Å²) in [5, 5.41) is 15.8. The molecule has 0 aliphatic rings. The highest BCUT2D eigenvalue weighted by atomic mass is 19.4. The monoisotopic (exact) mass is 366 g/mol. The van der Waals surface area contributed by atoms with Gasteiger partial charge in [0.1, 0.15) is 30.9 Å². The van der Waals surface area contributed by atoms with Crippen LogP contribution in [0.3, 0.4) is 0 Å². The molecule has 0 unspecified atom stereocenters. The van der Waals surface area contributed by atoms with Crippen molar-refractivity contribution < 1.29 is 28.0 Å². The molecule has 2 rings (SSSR count). The van der Waals surface area contributed by atoms with Gasteiger partial charge in [-0.1, -0.05) is 22.4 Å². The van der Waals surface area contributed by atoms with E-state index in [9.17, 15) is 13.2 Å². The van der Waals surface area contributed by atoms with Gasteiger partial charge in [0, 0.05) is 5.56 Å². The van der Waals surface area contributed by atoms with Gasteiger partial charge in [0.25, 0.3) is 0 Å². The lowest BCUT2D eigenvalue weighted by molar-refractivity contribution is -0.137. The zero-order valence-electron chi connectivity index (χ0n) is 14.1. The predicted octanol–water partition coefficient (Wildman–Crippen LogP) is 4.49. The molecule has 0 aliphatic carbocycles. The van der Waals surface area contributed by atoms with Gasteiger partial charge in [-0.2, -0.15) is 13.2 Å². The van der Waals surface area contributed by atoms with E-state index >= 15 is 0 Å². The van der Waals surface area contributed by atoms with E-state index in [1.165, 1.54) is 13.2 Å². The van der Waals surface area contributed by atoms with Gasteiger partial charge in [-0.3, -0.25) is 0 Å². The fourth-order valence-electron chi connectivity index (χ4n) is 2.18. The summed E-state index contributed by atoms with van der Waals surface area (Å²) in [7, 11) is 1.37. The fraction of sp³-hybridized carbons (Fsp3) is 0.222.